The average molecular weight is 451 g/mol. The van der Waals surface area contributed by atoms with Crippen molar-refractivity contribution in [3.05, 3.63) is 23.5 Å². The summed E-state index contributed by atoms with van der Waals surface area (Å²) in [5.41, 5.74) is 6.96. The summed E-state index contributed by atoms with van der Waals surface area (Å²) in [5.74, 6) is 2.20. The monoisotopic (exact) mass is 450 g/mol. The molecule has 8 unspecified atom stereocenters. The molecule has 33 heavy (non-hydrogen) atoms. The number of carbonyl (C=O) groups excluding carboxylic acids is 1. The van der Waals surface area contributed by atoms with Gasteiger partial charge in [-0.2, -0.15) is 5.26 Å². The van der Waals surface area contributed by atoms with Crippen LogP contribution in [-0.2, 0) is 9.53 Å². The molecule has 8 atom stereocenters. The summed E-state index contributed by atoms with van der Waals surface area (Å²) in [6.07, 6.45) is 12.5. The third-order valence-electron chi connectivity index (χ3n) is 10.9. The fourth-order valence-electron chi connectivity index (χ4n) is 9.12. The Labute approximate surface area is 200 Å². The molecule has 180 valence electrons. The molecule has 0 aromatic carbocycles. The van der Waals surface area contributed by atoms with Crippen LogP contribution in [0.3, 0.4) is 0 Å². The second-order valence-corrected chi connectivity index (χ2v) is 13.2. The molecule has 0 radical (unpaired) electrons. The van der Waals surface area contributed by atoms with Gasteiger partial charge in [-0.25, -0.2) is 0 Å². The summed E-state index contributed by atoms with van der Waals surface area (Å²) in [6, 6.07) is 2.76. The van der Waals surface area contributed by atoms with E-state index in [1.54, 1.807) is 0 Å². The number of hydrogen-bond donors (Lipinski definition) is 1. The first-order valence-corrected chi connectivity index (χ1v) is 13.3. The van der Waals surface area contributed by atoms with Gasteiger partial charge in [-0.3, -0.25) is 4.79 Å². The molecule has 0 amide bonds. The molecule has 3 saturated carbocycles. The smallest absolute Gasteiger partial charge is 0.159 e. The highest BCUT2D eigenvalue weighted by molar-refractivity contribution is 5.95. The first kappa shape index (κ1) is 23.2. The number of rotatable bonds is 2. The Morgan fingerprint density at radius 1 is 1.09 bits per heavy atom. The number of ketones is 1. The van der Waals surface area contributed by atoms with Gasteiger partial charge >= 0.3 is 0 Å². The maximum atomic E-state index is 14.0. The van der Waals surface area contributed by atoms with Crippen LogP contribution < -0.4 is 5.73 Å². The predicted octanol–water partition coefficient (Wildman–Crippen LogP) is 5.93. The van der Waals surface area contributed by atoms with E-state index in [1.807, 2.05) is 0 Å². The van der Waals surface area contributed by atoms with Gasteiger partial charge < -0.3 is 10.5 Å². The zero-order chi connectivity index (χ0) is 23.8. The van der Waals surface area contributed by atoms with E-state index in [-0.39, 0.29) is 39.6 Å². The van der Waals surface area contributed by atoms with Crippen molar-refractivity contribution in [2.24, 2.45) is 51.1 Å². The minimum absolute atomic E-state index is 0.00312. The lowest BCUT2D eigenvalue weighted by atomic mass is 9.40. The molecule has 5 rings (SSSR count). The maximum absolute atomic E-state index is 14.0. The standard InChI is InChI=1S/C29H42N2O2/c1-18-20-6-9-27(4)21-7-10-29(17-31)12-11-26(2,3)16-22(29)25(21)23(32)14-24(27)28(20,5)15-19(33-18)8-13-30/h14-15,18,20-22,25H,6-13,16,30H2,1-5H3. The summed E-state index contributed by atoms with van der Waals surface area (Å²) in [4.78, 5) is 14.0. The Kier molecular flexibility index (Phi) is 5.23. The van der Waals surface area contributed by atoms with Gasteiger partial charge in [-0.15, -0.1) is 0 Å². The Bertz CT molecular complexity index is 957. The van der Waals surface area contributed by atoms with Gasteiger partial charge in [-0.1, -0.05) is 33.3 Å². The zero-order valence-electron chi connectivity index (χ0n) is 21.2. The van der Waals surface area contributed by atoms with Crippen LogP contribution in [0.25, 0.3) is 0 Å². The van der Waals surface area contributed by atoms with E-state index in [1.165, 1.54) is 5.57 Å². The van der Waals surface area contributed by atoms with E-state index in [2.05, 4.69) is 52.8 Å². The minimum atomic E-state index is -0.309. The molecule has 4 aliphatic carbocycles. The first-order valence-electron chi connectivity index (χ1n) is 13.3. The van der Waals surface area contributed by atoms with Crippen molar-refractivity contribution in [3.63, 3.8) is 0 Å². The zero-order valence-corrected chi connectivity index (χ0v) is 21.2. The Hall–Kier alpha value is -1.60. The van der Waals surface area contributed by atoms with Gasteiger partial charge in [0.05, 0.1) is 23.3 Å². The van der Waals surface area contributed by atoms with Gasteiger partial charge in [0.15, 0.2) is 5.78 Å². The highest BCUT2D eigenvalue weighted by atomic mass is 16.5. The average Bonchev–Trinajstić information content (AvgIpc) is 2.74. The molecular weight excluding hydrogens is 408 g/mol. The highest BCUT2D eigenvalue weighted by Crippen LogP contribution is 2.69. The lowest BCUT2D eigenvalue weighted by Gasteiger charge is -2.63. The molecular formula is C29H42N2O2. The molecule has 4 heteroatoms. The Morgan fingerprint density at radius 2 is 1.82 bits per heavy atom. The molecule has 1 aliphatic heterocycles. The molecule has 3 fully saturated rings. The van der Waals surface area contributed by atoms with Crippen molar-refractivity contribution >= 4 is 5.78 Å². The summed E-state index contributed by atoms with van der Waals surface area (Å²) in [6.45, 7) is 12.2. The summed E-state index contributed by atoms with van der Waals surface area (Å²) < 4.78 is 6.26. The van der Waals surface area contributed by atoms with Crippen LogP contribution >= 0.6 is 0 Å². The van der Waals surface area contributed by atoms with Gasteiger partial charge in [0, 0.05) is 23.7 Å². The third-order valence-corrected chi connectivity index (χ3v) is 10.9. The third kappa shape index (κ3) is 3.21. The predicted molar refractivity (Wildman–Crippen MR) is 130 cm³/mol. The number of nitrogens with zero attached hydrogens (tertiary/aromatic N) is 1. The van der Waals surface area contributed by atoms with Gasteiger partial charge in [-0.05, 0) is 93.2 Å². The normalized spacial score (nSPS) is 48.0. The molecule has 1 heterocycles. The summed E-state index contributed by atoms with van der Waals surface area (Å²) >= 11 is 0. The second-order valence-electron chi connectivity index (χ2n) is 13.2. The van der Waals surface area contributed by atoms with E-state index >= 15 is 0 Å². The number of hydrogen-bond acceptors (Lipinski definition) is 4. The van der Waals surface area contributed by atoms with E-state index in [0.717, 1.165) is 57.1 Å². The number of nitriles is 1. The summed E-state index contributed by atoms with van der Waals surface area (Å²) in [7, 11) is 0. The lowest BCUT2D eigenvalue weighted by Crippen LogP contribution is -2.59. The van der Waals surface area contributed by atoms with Crippen molar-refractivity contribution in [3.8, 4) is 6.07 Å². The van der Waals surface area contributed by atoms with Crippen molar-refractivity contribution in [2.75, 3.05) is 6.54 Å². The van der Waals surface area contributed by atoms with Crippen LogP contribution in [0.15, 0.2) is 23.5 Å². The van der Waals surface area contributed by atoms with Crippen LogP contribution in [0.4, 0.5) is 0 Å². The SMILES string of the molecule is CC1OC(CCN)=CC2(C)C3=CC(=O)C4C5CC(C)(C)CCC5(C#N)CCC4C3(C)CCC12. The molecule has 4 nitrogen and oxygen atoms in total. The molecule has 2 N–H and O–H groups in total. The van der Waals surface area contributed by atoms with Gasteiger partial charge in [0.1, 0.15) is 0 Å². The van der Waals surface area contributed by atoms with Gasteiger partial charge in [0.25, 0.3) is 0 Å². The number of ether oxygens (including phenoxy) is 1. The van der Waals surface area contributed by atoms with Crippen LogP contribution in [0.2, 0.25) is 0 Å². The van der Waals surface area contributed by atoms with Crippen LogP contribution in [0.1, 0.15) is 86.0 Å². The fourth-order valence-corrected chi connectivity index (χ4v) is 9.12. The Balaban J connectivity index is 1.61. The van der Waals surface area contributed by atoms with Crippen molar-refractivity contribution < 1.29 is 9.53 Å². The summed E-state index contributed by atoms with van der Waals surface area (Å²) in [5, 5.41) is 10.3. The van der Waals surface area contributed by atoms with E-state index in [4.69, 9.17) is 10.5 Å². The van der Waals surface area contributed by atoms with Crippen LogP contribution in [0, 0.1) is 56.7 Å². The quantitative estimate of drug-likeness (QED) is 0.565. The molecule has 5 aliphatic rings. The minimum Gasteiger partial charge on any atom is -0.495 e. The van der Waals surface area contributed by atoms with E-state index < -0.39 is 0 Å². The fraction of sp³-hybridized carbons (Fsp3) is 0.793. The number of carbonyl (C=O) groups is 1. The number of nitrogens with two attached hydrogens (primary N) is 1. The van der Waals surface area contributed by atoms with Crippen molar-refractivity contribution in [1.29, 1.82) is 5.26 Å². The highest BCUT2D eigenvalue weighted by Gasteiger charge is 2.64. The molecule has 0 saturated heterocycles. The van der Waals surface area contributed by atoms with Crippen LogP contribution in [-0.4, -0.2) is 18.4 Å². The van der Waals surface area contributed by atoms with Gasteiger partial charge in [0.2, 0.25) is 0 Å². The number of allylic oxidation sites excluding steroid dienone is 3. The molecule has 0 spiro atoms. The first-order chi connectivity index (χ1) is 15.5. The lowest BCUT2D eigenvalue weighted by molar-refractivity contribution is -0.141. The molecule has 0 bridgehead atoms. The second kappa shape index (κ2) is 7.45. The van der Waals surface area contributed by atoms with E-state index in [0.29, 0.717) is 24.2 Å². The number of fused-ring (bicyclic) bond motifs is 7. The van der Waals surface area contributed by atoms with Crippen molar-refractivity contribution in [1.82, 2.24) is 0 Å². The van der Waals surface area contributed by atoms with Crippen LogP contribution in [0.5, 0.6) is 0 Å². The molecule has 0 aromatic heterocycles. The Morgan fingerprint density at radius 3 is 2.52 bits per heavy atom. The van der Waals surface area contributed by atoms with Crippen molar-refractivity contribution in [2.45, 2.75) is 92.1 Å². The van der Waals surface area contributed by atoms with E-state index in [9.17, 15) is 10.1 Å². The largest absolute Gasteiger partial charge is 0.495 e. The molecule has 0 aromatic rings. The topological polar surface area (TPSA) is 76.1 Å². The maximum Gasteiger partial charge on any atom is 0.159 e.